The van der Waals surface area contributed by atoms with Crippen LogP contribution < -0.4 is 20.7 Å². The fourth-order valence-corrected chi connectivity index (χ4v) is 3.52. The quantitative estimate of drug-likeness (QED) is 0.0310. The summed E-state index contributed by atoms with van der Waals surface area (Å²) in [6, 6.07) is 16.5. The van der Waals surface area contributed by atoms with E-state index in [1.54, 1.807) is 36.4 Å². The molecule has 0 spiro atoms. The van der Waals surface area contributed by atoms with Crippen molar-refractivity contribution in [1.82, 2.24) is 0 Å². The molecule has 0 aliphatic carbocycles. The van der Waals surface area contributed by atoms with Crippen molar-refractivity contribution in [2.75, 3.05) is 26.3 Å². The van der Waals surface area contributed by atoms with Crippen LogP contribution in [-0.4, -0.2) is 34.7 Å². The summed E-state index contributed by atoms with van der Waals surface area (Å²) in [5, 5.41) is 4.77. The van der Waals surface area contributed by atoms with Crippen LogP contribution in [0.2, 0.25) is 0 Å². The molecule has 2 heterocycles. The zero-order chi connectivity index (χ0) is 32.8. The molecule has 0 saturated heterocycles. The Kier molecular flexibility index (Phi) is 14.6. The fraction of sp³-hybridized carbons (Fsp3) is 0.280. The van der Waals surface area contributed by atoms with Crippen LogP contribution in [0, 0.1) is 0 Å². The average molecular weight is 689 g/mol. The van der Waals surface area contributed by atoms with Gasteiger partial charge in [0, 0.05) is 17.9 Å². The second kappa shape index (κ2) is 17.1. The molecule has 20 heteroatoms. The maximum Gasteiger partial charge on any atom is 0.456 e. The molecule has 45 heavy (non-hydrogen) atoms. The van der Waals surface area contributed by atoms with Crippen LogP contribution in [0.4, 0.5) is 23.3 Å². The van der Waals surface area contributed by atoms with Gasteiger partial charge in [0.05, 0.1) is 42.7 Å². The van der Waals surface area contributed by atoms with Gasteiger partial charge in [-0.05, 0) is 36.2 Å². The van der Waals surface area contributed by atoms with Crippen molar-refractivity contribution >= 4 is 43.0 Å². The molecule has 0 N–H and O–H groups in total. The Morgan fingerprint density at radius 1 is 0.800 bits per heavy atom. The summed E-state index contributed by atoms with van der Waals surface area (Å²) in [5.41, 5.74) is 8.00. The smallest absolute Gasteiger partial charge is 0.456 e. The van der Waals surface area contributed by atoms with E-state index in [1.165, 1.54) is 12.1 Å². The summed E-state index contributed by atoms with van der Waals surface area (Å²) in [5.74, 6) is 0.806. The van der Waals surface area contributed by atoms with Crippen molar-refractivity contribution in [2.45, 2.75) is 20.3 Å². The topological polar surface area (TPSA) is 174 Å². The number of halogens is 6. The Morgan fingerprint density at radius 3 is 1.60 bits per heavy atom. The first kappa shape index (κ1) is 38.5. The number of fused-ring (bicyclic) bond motifs is 2. The van der Waals surface area contributed by atoms with Gasteiger partial charge in [-0.15, -0.1) is 0 Å². The molecule has 0 radical (unpaired) electrons. The van der Waals surface area contributed by atoms with E-state index in [1.807, 2.05) is 12.1 Å². The number of azide groups is 1. The molecule has 248 valence electrons. The predicted octanol–water partition coefficient (Wildman–Crippen LogP) is 7.65. The van der Waals surface area contributed by atoms with Crippen LogP contribution in [0.15, 0.2) is 88.6 Å². The normalized spacial score (nSPS) is 11.6. The lowest BCUT2D eigenvalue weighted by Crippen LogP contribution is -2.04. The van der Waals surface area contributed by atoms with E-state index >= 15 is 0 Å². The van der Waals surface area contributed by atoms with Crippen LogP contribution in [-0.2, 0) is 21.1 Å². The molecule has 4 rings (SSSR count). The standard InChI is InChI=1S/C12H11F2NO4S.C12H11N3O3.CH4.F4OS/c13-20(14,17)15-6-3-7-18-11-8-12(16)19-10-5-2-1-4-9(10)11;13-15-14-6-3-7-17-11-8-12(16)18-10-5-2-1-4-9(10)11;;1-6(2,3,4)5/h1-2,4-5,8H,3,6-7H2;1-2,4-5,8H,3,6-7H2;1H4;. The second-order valence-corrected chi connectivity index (χ2v) is 10.3. The monoisotopic (exact) mass is 688 g/mol. The molecule has 2 aromatic heterocycles. The van der Waals surface area contributed by atoms with Crippen molar-refractivity contribution in [3.63, 3.8) is 0 Å². The summed E-state index contributed by atoms with van der Waals surface area (Å²) in [6.45, 7) is 0.556. The molecule has 12 nitrogen and oxygen atoms in total. The van der Waals surface area contributed by atoms with E-state index in [2.05, 4.69) is 14.4 Å². The third kappa shape index (κ3) is 16.8. The average Bonchev–Trinajstić information content (AvgIpc) is 2.91. The molecule has 0 bridgehead atoms. The van der Waals surface area contributed by atoms with Gasteiger partial charge in [0.1, 0.15) is 22.7 Å². The van der Waals surface area contributed by atoms with Gasteiger partial charge in [-0.1, -0.05) is 60.1 Å². The first-order chi connectivity index (χ1) is 20.5. The Balaban J connectivity index is 0.000000376. The van der Waals surface area contributed by atoms with Crippen LogP contribution in [0.25, 0.3) is 32.4 Å². The minimum absolute atomic E-state index is 0. The van der Waals surface area contributed by atoms with Crippen LogP contribution >= 0.6 is 0 Å². The van der Waals surface area contributed by atoms with Gasteiger partial charge in [-0.2, -0.15) is 12.8 Å². The summed E-state index contributed by atoms with van der Waals surface area (Å²) in [7, 11) is -13.2. The van der Waals surface area contributed by atoms with E-state index in [0.29, 0.717) is 47.6 Å². The lowest BCUT2D eigenvalue weighted by Gasteiger charge is -2.07. The fourth-order valence-electron chi connectivity index (χ4n) is 3.18. The number of ether oxygens (including phenoxy) is 2. The van der Waals surface area contributed by atoms with Crippen molar-refractivity contribution in [3.05, 3.63) is 91.9 Å². The summed E-state index contributed by atoms with van der Waals surface area (Å²) < 4.78 is 105. The third-order valence-corrected chi connectivity index (χ3v) is 5.23. The van der Waals surface area contributed by atoms with Crippen LogP contribution in [0.5, 0.6) is 11.5 Å². The minimum Gasteiger partial charge on any atom is -0.493 e. The number of benzene rings is 2. The largest absolute Gasteiger partial charge is 0.493 e. The van der Waals surface area contributed by atoms with Crippen molar-refractivity contribution < 1.29 is 50.0 Å². The second-order valence-electron chi connectivity index (χ2n) is 8.06. The Morgan fingerprint density at radius 2 is 1.20 bits per heavy atom. The van der Waals surface area contributed by atoms with E-state index in [4.69, 9.17) is 28.0 Å². The molecule has 2 aromatic carbocycles. The molecule has 0 aliphatic rings. The number of nitrogens with zero attached hydrogens (tertiary/aromatic N) is 4. The third-order valence-electron chi connectivity index (χ3n) is 4.75. The van der Waals surface area contributed by atoms with Gasteiger partial charge in [0.15, 0.2) is 0 Å². The van der Waals surface area contributed by atoms with Gasteiger partial charge in [0.2, 0.25) is 0 Å². The Hall–Kier alpha value is -4.55. The highest BCUT2D eigenvalue weighted by molar-refractivity contribution is 8.01. The van der Waals surface area contributed by atoms with E-state index in [-0.39, 0.29) is 27.0 Å². The van der Waals surface area contributed by atoms with E-state index in [0.717, 1.165) is 5.39 Å². The predicted molar refractivity (Wildman–Crippen MR) is 156 cm³/mol. The maximum atomic E-state index is 12.0. The minimum atomic E-state index is -8.10. The molecule has 4 aromatic rings. The van der Waals surface area contributed by atoms with Gasteiger partial charge in [-0.3, -0.25) is 0 Å². The molecular weight excluding hydrogens is 662 g/mol. The van der Waals surface area contributed by atoms with E-state index < -0.39 is 32.4 Å². The highest BCUT2D eigenvalue weighted by atomic mass is 32.4. The first-order valence-electron chi connectivity index (χ1n) is 12.0. The summed E-state index contributed by atoms with van der Waals surface area (Å²) >= 11 is 0. The van der Waals surface area contributed by atoms with Gasteiger partial charge in [0.25, 0.3) is 0 Å². The SMILES string of the molecule is C.O=S(F)(F)(F)F.O=c1cc(OCCCN=S(=O)(F)F)c2ccccc2o1.[N-]=[N+]=NCCCOc1cc(=O)oc2ccccc12. The molecule has 0 saturated carbocycles. The molecule has 0 unspecified atom stereocenters. The zero-order valence-electron chi connectivity index (χ0n) is 22.2. The Labute approximate surface area is 252 Å². The lowest BCUT2D eigenvalue weighted by atomic mass is 10.2. The molecule has 0 amide bonds. The number of para-hydroxylation sites is 2. The van der Waals surface area contributed by atoms with Gasteiger partial charge < -0.3 is 18.3 Å². The molecular formula is C25H26F6N4O8S2. The molecule has 0 atom stereocenters. The lowest BCUT2D eigenvalue weighted by molar-refractivity contribution is 0.314. The number of rotatable bonds is 10. The molecule has 0 aliphatic heterocycles. The summed E-state index contributed by atoms with van der Waals surface area (Å²) in [4.78, 5) is 25.3. The van der Waals surface area contributed by atoms with Crippen LogP contribution in [0.1, 0.15) is 20.3 Å². The van der Waals surface area contributed by atoms with Crippen molar-refractivity contribution in [3.8, 4) is 11.5 Å². The van der Waals surface area contributed by atoms with Crippen LogP contribution in [0.3, 0.4) is 0 Å². The number of hydrogen-bond donors (Lipinski definition) is 0. The first-order valence-corrected chi connectivity index (χ1v) is 14.9. The maximum absolute atomic E-state index is 12.0. The van der Waals surface area contributed by atoms with Gasteiger partial charge in [-0.25, -0.2) is 9.59 Å². The highest BCUT2D eigenvalue weighted by Crippen LogP contribution is 2.31. The van der Waals surface area contributed by atoms with Crippen molar-refractivity contribution in [1.29, 1.82) is 0 Å². The van der Waals surface area contributed by atoms with Crippen molar-refractivity contribution in [2.24, 2.45) is 9.48 Å². The number of hydrogen-bond acceptors (Lipinski definition) is 10. The molecule has 0 fully saturated rings. The van der Waals surface area contributed by atoms with Gasteiger partial charge >= 0.3 is 32.4 Å². The van der Waals surface area contributed by atoms with E-state index in [9.17, 15) is 37.1 Å². The Bertz CT molecular complexity index is 1900. The zero-order valence-corrected chi connectivity index (χ0v) is 23.8. The highest BCUT2D eigenvalue weighted by Gasteiger charge is 2.33. The summed E-state index contributed by atoms with van der Waals surface area (Å²) in [6.07, 6.45) is 0.762.